The summed E-state index contributed by atoms with van der Waals surface area (Å²) in [5.74, 6) is 7.26. The molecule has 0 amide bonds. The molecule has 162 valence electrons. The minimum atomic E-state index is -0.498. The first-order chi connectivity index (χ1) is 14.1. The summed E-state index contributed by atoms with van der Waals surface area (Å²) in [6.45, 7) is 8.88. The first-order valence-electron chi connectivity index (χ1n) is 11.5. The molecule has 6 atom stereocenters. The maximum absolute atomic E-state index is 10.5. The predicted molar refractivity (Wildman–Crippen MR) is 117 cm³/mol. The number of hydrogen-bond donors (Lipinski definition) is 2. The number of ether oxygens (including phenoxy) is 1. The van der Waals surface area contributed by atoms with Crippen molar-refractivity contribution in [2.75, 3.05) is 32.8 Å². The van der Waals surface area contributed by atoms with E-state index >= 15 is 0 Å². The molecule has 3 fully saturated rings. The van der Waals surface area contributed by atoms with Crippen LogP contribution in [-0.4, -0.2) is 60.2 Å². The van der Waals surface area contributed by atoms with Crippen LogP contribution >= 0.6 is 0 Å². The Labute approximate surface area is 177 Å². The summed E-state index contributed by atoms with van der Waals surface area (Å²) in [4.78, 5) is 2.48. The first-order valence-corrected chi connectivity index (χ1v) is 11.5. The van der Waals surface area contributed by atoms with Crippen LogP contribution in [0.4, 0.5) is 0 Å². The average molecular weight is 402 g/mol. The predicted octanol–water partition coefficient (Wildman–Crippen LogP) is 3.40. The highest BCUT2D eigenvalue weighted by Crippen LogP contribution is 2.50. The molecular weight excluding hydrogens is 362 g/mol. The summed E-state index contributed by atoms with van der Waals surface area (Å²) < 4.78 is 5.84. The Morgan fingerprint density at radius 2 is 2.07 bits per heavy atom. The third kappa shape index (κ3) is 6.43. The van der Waals surface area contributed by atoms with E-state index in [1.165, 1.54) is 31.5 Å². The Kier molecular flexibility index (Phi) is 8.81. The second-order valence-corrected chi connectivity index (χ2v) is 9.18. The summed E-state index contributed by atoms with van der Waals surface area (Å²) in [5.41, 5.74) is 1.48. The second kappa shape index (κ2) is 11.3. The van der Waals surface area contributed by atoms with Crippen LogP contribution in [-0.2, 0) is 4.74 Å². The number of fused-ring (bicyclic) bond motifs is 1. The number of allylic oxidation sites excluding steroid dienone is 1. The molecule has 29 heavy (non-hydrogen) atoms. The molecule has 3 rings (SSSR count). The number of aliphatic hydroxyl groups excluding tert-OH is 2. The third-order valence-electron chi connectivity index (χ3n) is 7.07. The van der Waals surface area contributed by atoms with Gasteiger partial charge >= 0.3 is 0 Å². The zero-order valence-electron chi connectivity index (χ0n) is 18.2. The smallest absolute Gasteiger partial charge is 0.0755 e. The van der Waals surface area contributed by atoms with E-state index in [-0.39, 0.29) is 17.9 Å². The molecule has 2 aliphatic carbocycles. The fraction of sp³-hybridized carbons (Fsp3) is 0.760. The second-order valence-electron chi connectivity index (χ2n) is 9.18. The molecule has 1 aliphatic heterocycles. The molecule has 4 nitrogen and oxygen atoms in total. The number of nitrogens with zero attached hydrogens (tertiary/aromatic N) is 1. The highest BCUT2D eigenvalue weighted by molar-refractivity contribution is 5.18. The lowest BCUT2D eigenvalue weighted by atomic mass is 9.89. The third-order valence-corrected chi connectivity index (χ3v) is 7.07. The lowest BCUT2D eigenvalue weighted by Gasteiger charge is -2.19. The van der Waals surface area contributed by atoms with Crippen LogP contribution in [0, 0.1) is 35.5 Å². The number of aliphatic hydroxyl groups is 2. The highest BCUT2D eigenvalue weighted by Gasteiger charge is 2.45. The van der Waals surface area contributed by atoms with E-state index in [0.29, 0.717) is 24.9 Å². The van der Waals surface area contributed by atoms with Crippen LogP contribution in [0.3, 0.4) is 0 Å². The molecular formula is C25H39NO3. The Morgan fingerprint density at radius 1 is 1.28 bits per heavy atom. The standard InChI is InChI=1S/C25H39NO3/c1-3-4-7-19(2)24(27)9-8-22-23-17-20(16-21(23)18-25(22)28)10-14-29-15-13-26-11-5-6-12-26/h8-10,19,21-25,27-28H,5-7,11-18H2,1-2H3/b9-8+,20-10+/t19-,21+,22-,23+,24-,25-/m1/s1. The van der Waals surface area contributed by atoms with Crippen molar-refractivity contribution in [3.05, 3.63) is 23.8 Å². The molecule has 0 aromatic rings. The van der Waals surface area contributed by atoms with Crippen molar-refractivity contribution in [1.82, 2.24) is 4.90 Å². The zero-order chi connectivity index (χ0) is 20.6. The van der Waals surface area contributed by atoms with E-state index in [1.807, 2.05) is 19.9 Å². The van der Waals surface area contributed by atoms with Crippen molar-refractivity contribution in [1.29, 1.82) is 0 Å². The summed E-state index contributed by atoms with van der Waals surface area (Å²) in [7, 11) is 0. The van der Waals surface area contributed by atoms with Gasteiger partial charge < -0.3 is 19.8 Å². The molecule has 0 radical (unpaired) electrons. The SMILES string of the molecule is CC#CC[C@@H](C)[C@H](O)/C=C/[C@@H]1[C@H]2C/C(=C/COCCN3CCCC3)C[C@H]2C[C@H]1O. The van der Waals surface area contributed by atoms with Crippen molar-refractivity contribution in [3.8, 4) is 11.8 Å². The van der Waals surface area contributed by atoms with Crippen LogP contribution in [0.5, 0.6) is 0 Å². The van der Waals surface area contributed by atoms with Gasteiger partial charge in [-0.3, -0.25) is 0 Å². The molecule has 2 saturated carbocycles. The molecule has 0 bridgehead atoms. The quantitative estimate of drug-likeness (QED) is 0.353. The van der Waals surface area contributed by atoms with Gasteiger partial charge in [0.2, 0.25) is 0 Å². The molecule has 1 heterocycles. The van der Waals surface area contributed by atoms with Crippen LogP contribution in [0.15, 0.2) is 23.8 Å². The average Bonchev–Trinajstić information content (AvgIpc) is 3.41. The van der Waals surface area contributed by atoms with Gasteiger partial charge in [0.15, 0.2) is 0 Å². The van der Waals surface area contributed by atoms with Gasteiger partial charge in [0.1, 0.15) is 0 Å². The fourth-order valence-corrected chi connectivity index (χ4v) is 5.22. The van der Waals surface area contributed by atoms with E-state index in [9.17, 15) is 10.2 Å². The first kappa shape index (κ1) is 22.6. The van der Waals surface area contributed by atoms with Crippen LogP contribution in [0.1, 0.15) is 52.4 Å². The van der Waals surface area contributed by atoms with Crippen LogP contribution in [0.25, 0.3) is 0 Å². The molecule has 0 aromatic carbocycles. The van der Waals surface area contributed by atoms with Gasteiger partial charge in [0.25, 0.3) is 0 Å². The monoisotopic (exact) mass is 401 g/mol. The maximum Gasteiger partial charge on any atom is 0.0755 e. The van der Waals surface area contributed by atoms with E-state index < -0.39 is 6.10 Å². The van der Waals surface area contributed by atoms with Gasteiger partial charge in [-0.1, -0.05) is 30.7 Å². The minimum absolute atomic E-state index is 0.116. The van der Waals surface area contributed by atoms with Crippen molar-refractivity contribution < 1.29 is 14.9 Å². The normalized spacial score (nSPS) is 33.2. The molecule has 0 spiro atoms. The zero-order valence-corrected chi connectivity index (χ0v) is 18.2. The molecule has 0 unspecified atom stereocenters. The Hall–Kier alpha value is -1.12. The topological polar surface area (TPSA) is 52.9 Å². The van der Waals surface area contributed by atoms with Crippen molar-refractivity contribution in [2.45, 2.75) is 64.6 Å². The van der Waals surface area contributed by atoms with Gasteiger partial charge in [0.05, 0.1) is 25.4 Å². The van der Waals surface area contributed by atoms with E-state index in [4.69, 9.17) is 4.74 Å². The Balaban J connectivity index is 1.43. The summed E-state index contributed by atoms with van der Waals surface area (Å²) in [6.07, 6.45) is 11.8. The van der Waals surface area contributed by atoms with Gasteiger partial charge in [-0.25, -0.2) is 0 Å². The van der Waals surface area contributed by atoms with Crippen LogP contribution < -0.4 is 0 Å². The lowest BCUT2D eigenvalue weighted by molar-refractivity contribution is 0.132. The van der Waals surface area contributed by atoms with Gasteiger partial charge in [-0.15, -0.1) is 11.8 Å². The van der Waals surface area contributed by atoms with Crippen LogP contribution in [0.2, 0.25) is 0 Å². The summed E-state index contributed by atoms with van der Waals surface area (Å²) in [6, 6.07) is 0. The summed E-state index contributed by atoms with van der Waals surface area (Å²) in [5, 5.41) is 20.9. The minimum Gasteiger partial charge on any atom is -0.392 e. The Bertz CT molecular complexity index is 626. The molecule has 3 aliphatic rings. The largest absolute Gasteiger partial charge is 0.392 e. The number of likely N-dealkylation sites (tertiary alicyclic amines) is 1. The number of rotatable bonds is 9. The summed E-state index contributed by atoms with van der Waals surface area (Å²) >= 11 is 0. The maximum atomic E-state index is 10.5. The van der Waals surface area contributed by atoms with Gasteiger partial charge in [-0.05, 0) is 69.9 Å². The van der Waals surface area contributed by atoms with Gasteiger partial charge in [0, 0.05) is 18.9 Å². The Morgan fingerprint density at radius 3 is 2.83 bits per heavy atom. The van der Waals surface area contributed by atoms with Crippen molar-refractivity contribution in [2.24, 2.45) is 23.7 Å². The molecule has 1 saturated heterocycles. The molecule has 2 N–H and O–H groups in total. The van der Waals surface area contributed by atoms with Crippen molar-refractivity contribution >= 4 is 0 Å². The van der Waals surface area contributed by atoms with E-state index in [2.05, 4.69) is 28.9 Å². The molecule has 0 aromatic heterocycles. The molecule has 4 heteroatoms. The fourth-order valence-electron chi connectivity index (χ4n) is 5.22. The lowest BCUT2D eigenvalue weighted by Crippen LogP contribution is -2.24. The van der Waals surface area contributed by atoms with E-state index in [1.54, 1.807) is 0 Å². The van der Waals surface area contributed by atoms with Gasteiger partial charge in [-0.2, -0.15) is 0 Å². The highest BCUT2D eigenvalue weighted by atomic mass is 16.5. The number of hydrogen-bond acceptors (Lipinski definition) is 4. The van der Waals surface area contributed by atoms with Crippen molar-refractivity contribution in [3.63, 3.8) is 0 Å². The van der Waals surface area contributed by atoms with E-state index in [0.717, 1.165) is 32.4 Å².